The van der Waals surface area contributed by atoms with Crippen molar-refractivity contribution >= 4 is 12.2 Å². The van der Waals surface area contributed by atoms with Crippen LogP contribution in [0.15, 0.2) is 16.5 Å². The molecule has 1 fully saturated rings. The Hall–Kier alpha value is -1.29. The van der Waals surface area contributed by atoms with E-state index >= 15 is 0 Å². The number of hydrogen-bond acceptors (Lipinski definition) is 4. The predicted molar refractivity (Wildman–Crippen MR) is 63.0 cm³/mol. The molecule has 0 unspecified atom stereocenters. The standard InChI is InChI=1S/C12H18N2O2/c1-12(2)9-14(7-6-13(12)3)11-5-4-10(8-15)16-11/h4-5,8H,6-7,9H2,1-3H3. The average molecular weight is 222 g/mol. The van der Waals surface area contributed by atoms with Gasteiger partial charge in [0.15, 0.2) is 17.9 Å². The van der Waals surface area contributed by atoms with Gasteiger partial charge in [0, 0.05) is 31.2 Å². The minimum absolute atomic E-state index is 0.131. The first-order valence-corrected chi connectivity index (χ1v) is 5.54. The largest absolute Gasteiger partial charge is 0.438 e. The Bertz CT molecular complexity index is 384. The lowest BCUT2D eigenvalue weighted by Crippen LogP contribution is -2.57. The van der Waals surface area contributed by atoms with E-state index in [1.807, 2.05) is 6.07 Å². The number of likely N-dealkylation sites (N-methyl/N-ethyl adjacent to an activating group) is 1. The van der Waals surface area contributed by atoms with Crippen LogP contribution < -0.4 is 4.90 Å². The van der Waals surface area contributed by atoms with Gasteiger partial charge in [-0.3, -0.25) is 9.69 Å². The molecule has 0 bridgehead atoms. The third kappa shape index (κ3) is 1.97. The highest BCUT2D eigenvalue weighted by atomic mass is 16.4. The number of carbonyl (C=O) groups is 1. The smallest absolute Gasteiger partial charge is 0.196 e. The van der Waals surface area contributed by atoms with Gasteiger partial charge < -0.3 is 9.32 Å². The molecule has 0 amide bonds. The highest BCUT2D eigenvalue weighted by Crippen LogP contribution is 2.25. The van der Waals surface area contributed by atoms with E-state index in [-0.39, 0.29) is 5.54 Å². The maximum Gasteiger partial charge on any atom is 0.196 e. The van der Waals surface area contributed by atoms with E-state index in [1.54, 1.807) is 6.07 Å². The molecule has 4 nitrogen and oxygen atoms in total. The SMILES string of the molecule is CN1CCN(c2ccc(C=O)o2)CC1(C)C. The number of hydrogen-bond donors (Lipinski definition) is 0. The van der Waals surface area contributed by atoms with Crippen LogP contribution in [-0.2, 0) is 0 Å². The van der Waals surface area contributed by atoms with Gasteiger partial charge >= 0.3 is 0 Å². The van der Waals surface area contributed by atoms with E-state index in [0.29, 0.717) is 5.76 Å². The van der Waals surface area contributed by atoms with Crippen molar-refractivity contribution in [1.29, 1.82) is 0 Å². The van der Waals surface area contributed by atoms with Crippen LogP contribution in [0.25, 0.3) is 0 Å². The van der Waals surface area contributed by atoms with Crippen molar-refractivity contribution in [3.05, 3.63) is 17.9 Å². The van der Waals surface area contributed by atoms with Crippen LogP contribution in [0.3, 0.4) is 0 Å². The van der Waals surface area contributed by atoms with Gasteiger partial charge in [-0.1, -0.05) is 0 Å². The first-order valence-electron chi connectivity index (χ1n) is 5.54. The monoisotopic (exact) mass is 222 g/mol. The van der Waals surface area contributed by atoms with E-state index < -0.39 is 0 Å². The van der Waals surface area contributed by atoms with Crippen molar-refractivity contribution in [1.82, 2.24) is 4.90 Å². The maximum absolute atomic E-state index is 10.6. The van der Waals surface area contributed by atoms with Crippen molar-refractivity contribution < 1.29 is 9.21 Å². The van der Waals surface area contributed by atoms with Gasteiger partial charge in [-0.25, -0.2) is 0 Å². The van der Waals surface area contributed by atoms with Gasteiger partial charge in [0.1, 0.15) is 0 Å². The number of rotatable bonds is 2. The minimum Gasteiger partial charge on any atom is -0.438 e. The number of anilines is 1. The topological polar surface area (TPSA) is 36.7 Å². The zero-order valence-electron chi connectivity index (χ0n) is 10.1. The molecular weight excluding hydrogens is 204 g/mol. The van der Waals surface area contributed by atoms with Gasteiger partial charge in [0.25, 0.3) is 0 Å². The summed E-state index contributed by atoms with van der Waals surface area (Å²) in [7, 11) is 2.14. The van der Waals surface area contributed by atoms with Gasteiger partial charge in [0.2, 0.25) is 0 Å². The van der Waals surface area contributed by atoms with Crippen LogP contribution in [0, 0.1) is 0 Å². The molecule has 88 valence electrons. The molecule has 0 aromatic carbocycles. The van der Waals surface area contributed by atoms with Crippen molar-refractivity contribution in [2.75, 3.05) is 31.6 Å². The second kappa shape index (κ2) is 3.94. The molecule has 1 aromatic rings. The maximum atomic E-state index is 10.6. The lowest BCUT2D eigenvalue weighted by atomic mass is 10.00. The fraction of sp³-hybridized carbons (Fsp3) is 0.583. The summed E-state index contributed by atoms with van der Waals surface area (Å²) in [5.74, 6) is 1.19. The molecule has 2 rings (SSSR count). The molecule has 16 heavy (non-hydrogen) atoms. The van der Waals surface area contributed by atoms with Gasteiger partial charge in [-0.15, -0.1) is 0 Å². The molecule has 0 spiro atoms. The summed E-state index contributed by atoms with van der Waals surface area (Å²) >= 11 is 0. The summed E-state index contributed by atoms with van der Waals surface area (Å²) in [6.45, 7) is 7.27. The highest BCUT2D eigenvalue weighted by Gasteiger charge is 2.32. The normalized spacial score (nSPS) is 21.1. The number of carbonyl (C=O) groups excluding carboxylic acids is 1. The second-order valence-corrected chi connectivity index (χ2v) is 4.95. The van der Waals surface area contributed by atoms with Crippen LogP contribution in [0.2, 0.25) is 0 Å². The molecule has 1 aliphatic rings. The summed E-state index contributed by atoms with van der Waals surface area (Å²) in [5.41, 5.74) is 0.131. The lowest BCUT2D eigenvalue weighted by molar-refractivity contribution is 0.109. The zero-order valence-corrected chi connectivity index (χ0v) is 10.1. The minimum atomic E-state index is 0.131. The van der Waals surface area contributed by atoms with E-state index in [2.05, 4.69) is 30.7 Å². The summed E-state index contributed by atoms with van der Waals surface area (Å²) in [5, 5.41) is 0. The van der Waals surface area contributed by atoms with Crippen molar-refractivity contribution in [3.63, 3.8) is 0 Å². The predicted octanol–water partition coefficient (Wildman–Crippen LogP) is 1.62. The fourth-order valence-electron chi connectivity index (χ4n) is 2.00. The van der Waals surface area contributed by atoms with Crippen LogP contribution in [0.4, 0.5) is 5.88 Å². The molecule has 0 N–H and O–H groups in total. The van der Waals surface area contributed by atoms with Crippen molar-refractivity contribution in [2.24, 2.45) is 0 Å². The summed E-state index contributed by atoms with van der Waals surface area (Å²) < 4.78 is 5.44. The molecular formula is C12H18N2O2. The molecule has 1 aromatic heterocycles. The Morgan fingerprint density at radius 3 is 2.69 bits per heavy atom. The van der Waals surface area contributed by atoms with E-state index in [4.69, 9.17) is 4.42 Å². The number of nitrogens with zero attached hydrogens (tertiary/aromatic N) is 2. The molecule has 0 radical (unpaired) electrons. The molecule has 1 aliphatic heterocycles. The third-order valence-electron chi connectivity index (χ3n) is 3.36. The van der Waals surface area contributed by atoms with E-state index in [1.165, 1.54) is 0 Å². The van der Waals surface area contributed by atoms with Crippen molar-refractivity contribution in [3.8, 4) is 0 Å². The van der Waals surface area contributed by atoms with Gasteiger partial charge in [-0.05, 0) is 27.0 Å². The van der Waals surface area contributed by atoms with Crippen LogP contribution in [0.5, 0.6) is 0 Å². The second-order valence-electron chi connectivity index (χ2n) is 4.95. The Balaban J connectivity index is 2.14. The number of piperazine rings is 1. The molecule has 0 atom stereocenters. The average Bonchev–Trinajstić information content (AvgIpc) is 2.70. The fourth-order valence-corrected chi connectivity index (χ4v) is 2.00. The lowest BCUT2D eigenvalue weighted by Gasteiger charge is -2.45. The highest BCUT2D eigenvalue weighted by molar-refractivity contribution is 5.71. The summed E-state index contributed by atoms with van der Waals surface area (Å²) in [6, 6.07) is 3.58. The molecule has 0 aliphatic carbocycles. The molecule has 1 saturated heterocycles. The van der Waals surface area contributed by atoms with E-state index in [0.717, 1.165) is 31.8 Å². The molecule has 0 saturated carbocycles. The van der Waals surface area contributed by atoms with Gasteiger partial charge in [0.05, 0.1) is 0 Å². The van der Waals surface area contributed by atoms with E-state index in [9.17, 15) is 4.79 Å². The first kappa shape index (κ1) is 11.2. The number of furan rings is 1. The summed E-state index contributed by atoms with van der Waals surface area (Å²) in [6.07, 6.45) is 0.741. The van der Waals surface area contributed by atoms with Crippen LogP contribution in [0.1, 0.15) is 24.4 Å². The number of aldehydes is 1. The third-order valence-corrected chi connectivity index (χ3v) is 3.36. The zero-order chi connectivity index (χ0) is 11.8. The Morgan fingerprint density at radius 1 is 1.38 bits per heavy atom. The van der Waals surface area contributed by atoms with Crippen LogP contribution >= 0.6 is 0 Å². The quantitative estimate of drug-likeness (QED) is 0.713. The van der Waals surface area contributed by atoms with Gasteiger partial charge in [-0.2, -0.15) is 0 Å². The van der Waals surface area contributed by atoms with Crippen LogP contribution in [-0.4, -0.2) is 43.4 Å². The molecule has 2 heterocycles. The summed E-state index contributed by atoms with van der Waals surface area (Å²) in [4.78, 5) is 15.1. The Labute approximate surface area is 95.8 Å². The van der Waals surface area contributed by atoms with Crippen molar-refractivity contribution in [2.45, 2.75) is 19.4 Å². The Kier molecular flexibility index (Phi) is 2.76. The Morgan fingerprint density at radius 2 is 2.12 bits per heavy atom. The first-order chi connectivity index (χ1) is 7.53. The molecule has 4 heteroatoms.